The molecule has 1 N–H and O–H groups in total. The molecule has 1 aliphatic rings. The standard InChI is InChI=1S/C19H23NOS/c1-15-6-5-9-17(12-15)22-19-10-11-20(14-18(19)21)13-16-7-3-2-4-8-16/h2-9,12,18-19,21H,10-11,13-14H2,1H3/t18-,19-/m0/s1. The lowest BCUT2D eigenvalue weighted by atomic mass is 10.1. The Labute approximate surface area is 137 Å². The molecule has 0 radical (unpaired) electrons. The third kappa shape index (κ3) is 4.13. The molecule has 0 amide bonds. The second kappa shape index (κ2) is 7.32. The van der Waals surface area contributed by atoms with E-state index in [0.717, 1.165) is 26.1 Å². The average Bonchev–Trinajstić information content (AvgIpc) is 2.51. The summed E-state index contributed by atoms with van der Waals surface area (Å²) < 4.78 is 0. The van der Waals surface area contributed by atoms with Crippen LogP contribution in [0.5, 0.6) is 0 Å². The fourth-order valence-corrected chi connectivity index (χ4v) is 4.19. The molecule has 3 rings (SSSR count). The van der Waals surface area contributed by atoms with Crippen LogP contribution in [0.2, 0.25) is 0 Å². The van der Waals surface area contributed by atoms with Crippen molar-refractivity contribution in [1.29, 1.82) is 0 Å². The Hall–Kier alpha value is -1.29. The molecular weight excluding hydrogens is 290 g/mol. The fraction of sp³-hybridized carbons (Fsp3) is 0.368. The van der Waals surface area contributed by atoms with E-state index < -0.39 is 0 Å². The summed E-state index contributed by atoms with van der Waals surface area (Å²) in [4.78, 5) is 3.62. The predicted octanol–water partition coefficient (Wildman–Crippen LogP) is 3.72. The van der Waals surface area contributed by atoms with Gasteiger partial charge in [0, 0.05) is 23.2 Å². The lowest BCUT2D eigenvalue weighted by Crippen LogP contribution is -2.44. The third-order valence-corrected chi connectivity index (χ3v) is 5.51. The van der Waals surface area contributed by atoms with Crippen molar-refractivity contribution in [3.63, 3.8) is 0 Å². The van der Waals surface area contributed by atoms with E-state index in [1.807, 2.05) is 17.8 Å². The van der Waals surface area contributed by atoms with Gasteiger partial charge in [0.25, 0.3) is 0 Å². The summed E-state index contributed by atoms with van der Waals surface area (Å²) in [5.74, 6) is 0. The first-order chi connectivity index (χ1) is 10.7. The van der Waals surface area contributed by atoms with Gasteiger partial charge in [-0.15, -0.1) is 11.8 Å². The number of hydrogen-bond acceptors (Lipinski definition) is 3. The summed E-state index contributed by atoms with van der Waals surface area (Å²) in [6.45, 7) is 4.86. The van der Waals surface area contributed by atoms with E-state index in [1.54, 1.807) is 0 Å². The van der Waals surface area contributed by atoms with Crippen LogP contribution in [0.3, 0.4) is 0 Å². The maximum absolute atomic E-state index is 10.5. The number of thioether (sulfide) groups is 1. The molecule has 0 aromatic heterocycles. The van der Waals surface area contributed by atoms with Gasteiger partial charge in [0.2, 0.25) is 0 Å². The molecule has 0 unspecified atom stereocenters. The van der Waals surface area contributed by atoms with Crippen molar-refractivity contribution < 1.29 is 5.11 Å². The number of aryl methyl sites for hydroxylation is 1. The Bertz CT molecular complexity index is 601. The summed E-state index contributed by atoms with van der Waals surface area (Å²) in [6.07, 6.45) is 0.773. The third-order valence-electron chi connectivity index (χ3n) is 4.13. The Morgan fingerprint density at radius 1 is 1.14 bits per heavy atom. The van der Waals surface area contributed by atoms with Crippen molar-refractivity contribution in [3.05, 3.63) is 65.7 Å². The lowest BCUT2D eigenvalue weighted by molar-refractivity contribution is 0.0724. The number of piperidine rings is 1. The molecule has 2 aromatic carbocycles. The van der Waals surface area contributed by atoms with Crippen molar-refractivity contribution in [3.8, 4) is 0 Å². The van der Waals surface area contributed by atoms with Crippen molar-refractivity contribution in [2.45, 2.75) is 36.1 Å². The zero-order valence-electron chi connectivity index (χ0n) is 13.0. The Morgan fingerprint density at radius 2 is 1.95 bits per heavy atom. The monoisotopic (exact) mass is 313 g/mol. The minimum absolute atomic E-state index is 0.261. The lowest BCUT2D eigenvalue weighted by Gasteiger charge is -2.35. The van der Waals surface area contributed by atoms with Crippen molar-refractivity contribution >= 4 is 11.8 Å². The van der Waals surface area contributed by atoms with Gasteiger partial charge < -0.3 is 5.11 Å². The van der Waals surface area contributed by atoms with Crippen LogP contribution in [0, 0.1) is 6.92 Å². The highest BCUT2D eigenvalue weighted by molar-refractivity contribution is 8.00. The normalized spacial score (nSPS) is 22.6. The van der Waals surface area contributed by atoms with Crippen LogP contribution in [-0.4, -0.2) is 34.4 Å². The molecule has 1 aliphatic heterocycles. The molecule has 1 fully saturated rings. The number of benzene rings is 2. The second-order valence-corrected chi connectivity index (χ2v) is 7.36. The maximum atomic E-state index is 10.5. The fourth-order valence-electron chi connectivity index (χ4n) is 2.96. The molecule has 2 atom stereocenters. The number of hydrogen-bond donors (Lipinski definition) is 1. The highest BCUT2D eigenvalue weighted by Gasteiger charge is 2.28. The van der Waals surface area contributed by atoms with Gasteiger partial charge in [0.05, 0.1) is 6.10 Å². The number of aliphatic hydroxyl groups is 1. The largest absolute Gasteiger partial charge is 0.391 e. The molecule has 3 heteroatoms. The van der Waals surface area contributed by atoms with Gasteiger partial charge in [-0.2, -0.15) is 0 Å². The van der Waals surface area contributed by atoms with E-state index in [2.05, 4.69) is 60.4 Å². The number of β-amino-alcohol motifs (C(OH)–C–C–N with tert-alkyl or cyclic N) is 1. The summed E-state index contributed by atoms with van der Waals surface area (Å²) in [5, 5.41) is 10.8. The zero-order chi connectivity index (χ0) is 15.4. The van der Waals surface area contributed by atoms with Crippen LogP contribution < -0.4 is 0 Å². The van der Waals surface area contributed by atoms with Crippen LogP contribution in [-0.2, 0) is 6.54 Å². The van der Waals surface area contributed by atoms with E-state index in [4.69, 9.17) is 0 Å². The SMILES string of the molecule is Cc1cccc(S[C@H]2CCN(Cc3ccccc3)C[C@@H]2O)c1. The summed E-state index contributed by atoms with van der Waals surface area (Å²) in [5.41, 5.74) is 2.60. The van der Waals surface area contributed by atoms with Crippen molar-refractivity contribution in [2.75, 3.05) is 13.1 Å². The van der Waals surface area contributed by atoms with Gasteiger partial charge in [-0.3, -0.25) is 4.90 Å². The molecular formula is C19H23NOS. The first kappa shape index (κ1) is 15.6. The zero-order valence-corrected chi connectivity index (χ0v) is 13.8. The Kier molecular flexibility index (Phi) is 5.19. The number of likely N-dealkylation sites (tertiary alicyclic amines) is 1. The van der Waals surface area contributed by atoms with Crippen LogP contribution >= 0.6 is 11.8 Å². The second-order valence-electron chi connectivity index (χ2n) is 6.05. The molecule has 1 heterocycles. The van der Waals surface area contributed by atoms with Gasteiger partial charge >= 0.3 is 0 Å². The van der Waals surface area contributed by atoms with Crippen molar-refractivity contribution in [1.82, 2.24) is 4.90 Å². The van der Waals surface area contributed by atoms with Crippen LogP contribution in [0.15, 0.2) is 59.5 Å². The Morgan fingerprint density at radius 3 is 2.68 bits per heavy atom. The van der Waals surface area contributed by atoms with Crippen LogP contribution in [0.4, 0.5) is 0 Å². The van der Waals surface area contributed by atoms with Gasteiger partial charge in [-0.25, -0.2) is 0 Å². The molecule has 1 saturated heterocycles. The highest BCUT2D eigenvalue weighted by atomic mass is 32.2. The predicted molar refractivity (Wildman–Crippen MR) is 93.2 cm³/mol. The molecule has 0 aliphatic carbocycles. The van der Waals surface area contributed by atoms with Gasteiger partial charge in [-0.05, 0) is 37.6 Å². The minimum atomic E-state index is -0.261. The first-order valence-corrected chi connectivity index (χ1v) is 8.76. The molecule has 2 aromatic rings. The summed E-state index contributed by atoms with van der Waals surface area (Å²) in [6, 6.07) is 19.0. The van der Waals surface area contributed by atoms with E-state index in [0.29, 0.717) is 5.25 Å². The number of aliphatic hydroxyl groups excluding tert-OH is 1. The summed E-state index contributed by atoms with van der Waals surface area (Å²) in [7, 11) is 0. The van der Waals surface area contributed by atoms with Gasteiger partial charge in [0.1, 0.15) is 0 Å². The topological polar surface area (TPSA) is 23.5 Å². The van der Waals surface area contributed by atoms with E-state index >= 15 is 0 Å². The quantitative estimate of drug-likeness (QED) is 0.930. The molecule has 116 valence electrons. The number of nitrogens with zero attached hydrogens (tertiary/aromatic N) is 1. The smallest absolute Gasteiger partial charge is 0.0789 e. The van der Waals surface area contributed by atoms with Gasteiger partial charge in [-0.1, -0.05) is 48.0 Å². The van der Waals surface area contributed by atoms with Crippen LogP contribution in [0.1, 0.15) is 17.5 Å². The summed E-state index contributed by atoms with van der Waals surface area (Å²) >= 11 is 1.82. The number of rotatable bonds is 4. The molecule has 0 bridgehead atoms. The minimum Gasteiger partial charge on any atom is -0.391 e. The van der Waals surface area contributed by atoms with E-state index in [-0.39, 0.29) is 6.10 Å². The van der Waals surface area contributed by atoms with E-state index in [9.17, 15) is 5.11 Å². The maximum Gasteiger partial charge on any atom is 0.0789 e. The molecule has 2 nitrogen and oxygen atoms in total. The molecule has 22 heavy (non-hydrogen) atoms. The van der Waals surface area contributed by atoms with Gasteiger partial charge in [0.15, 0.2) is 0 Å². The molecule has 0 spiro atoms. The van der Waals surface area contributed by atoms with E-state index in [1.165, 1.54) is 16.0 Å². The van der Waals surface area contributed by atoms with Crippen LogP contribution in [0.25, 0.3) is 0 Å². The highest BCUT2D eigenvalue weighted by Crippen LogP contribution is 2.31. The average molecular weight is 313 g/mol. The Balaban J connectivity index is 1.56. The van der Waals surface area contributed by atoms with Crippen molar-refractivity contribution in [2.24, 2.45) is 0 Å². The molecule has 0 saturated carbocycles. The first-order valence-electron chi connectivity index (χ1n) is 7.88.